The van der Waals surface area contributed by atoms with Crippen LogP contribution in [0.2, 0.25) is 0 Å². The van der Waals surface area contributed by atoms with Gasteiger partial charge in [0.25, 0.3) is 0 Å². The van der Waals surface area contributed by atoms with Gasteiger partial charge in [-0.15, -0.1) is 0 Å². The first kappa shape index (κ1) is 13.4. The Morgan fingerprint density at radius 1 is 0.905 bits per heavy atom. The van der Waals surface area contributed by atoms with Crippen LogP contribution in [0.15, 0.2) is 60.7 Å². The van der Waals surface area contributed by atoms with Crippen LogP contribution in [0.25, 0.3) is 16.9 Å². The van der Waals surface area contributed by atoms with Gasteiger partial charge in [-0.25, -0.2) is 0 Å². The molecule has 0 fully saturated rings. The molecule has 2 heteroatoms. The number of rotatable bonds is 3. The summed E-state index contributed by atoms with van der Waals surface area (Å²) in [5.74, 6) is 0. The van der Waals surface area contributed by atoms with Gasteiger partial charge < -0.3 is 4.57 Å². The summed E-state index contributed by atoms with van der Waals surface area (Å²) in [6.07, 6.45) is 0.925. The van der Waals surface area contributed by atoms with Crippen LogP contribution in [-0.4, -0.2) is 10.9 Å². The topological polar surface area (TPSA) is 22.0 Å². The predicted molar refractivity (Wildman–Crippen MR) is 86.1 cm³/mol. The minimum atomic E-state index is 0.732. The van der Waals surface area contributed by atoms with Crippen molar-refractivity contribution in [2.24, 2.45) is 0 Å². The second-order valence-electron chi connectivity index (χ2n) is 5.23. The largest absolute Gasteiger partial charge is 0.313 e. The molecule has 104 valence electrons. The third-order valence-corrected chi connectivity index (χ3v) is 3.74. The Balaban J connectivity index is 2.28. The molecule has 0 aliphatic heterocycles. The lowest BCUT2D eigenvalue weighted by atomic mass is 10.1. The normalized spacial score (nSPS) is 10.6. The molecule has 0 atom stereocenters. The summed E-state index contributed by atoms with van der Waals surface area (Å²) in [5, 5.41) is 0. The highest BCUT2D eigenvalue weighted by atomic mass is 16.1. The Bertz CT molecular complexity index is 785. The maximum atomic E-state index is 11.3. The molecule has 0 radical (unpaired) electrons. The minimum Gasteiger partial charge on any atom is -0.313 e. The lowest BCUT2D eigenvalue weighted by Crippen LogP contribution is -2.00. The molecule has 1 aromatic heterocycles. The fourth-order valence-electron chi connectivity index (χ4n) is 2.67. The van der Waals surface area contributed by atoms with E-state index in [9.17, 15) is 4.79 Å². The van der Waals surface area contributed by atoms with Crippen molar-refractivity contribution in [2.75, 3.05) is 0 Å². The van der Waals surface area contributed by atoms with Crippen LogP contribution in [0.1, 0.15) is 21.6 Å². The first-order valence-electron chi connectivity index (χ1n) is 7.00. The van der Waals surface area contributed by atoms with E-state index in [0.717, 1.165) is 34.5 Å². The molecule has 0 N–H and O–H groups in total. The summed E-state index contributed by atoms with van der Waals surface area (Å²) in [5.41, 5.74) is 6.13. The summed E-state index contributed by atoms with van der Waals surface area (Å²) in [7, 11) is 0. The molecule has 0 aliphatic rings. The lowest BCUT2D eigenvalue weighted by molar-refractivity contribution is 0.112. The maximum Gasteiger partial charge on any atom is 0.151 e. The fraction of sp³-hybridized carbons (Fsp3) is 0.105. The van der Waals surface area contributed by atoms with E-state index in [0.29, 0.717) is 0 Å². The molecular weight excluding hydrogens is 258 g/mol. The number of hydrogen-bond acceptors (Lipinski definition) is 1. The molecule has 1 heterocycles. The van der Waals surface area contributed by atoms with Crippen LogP contribution in [0.5, 0.6) is 0 Å². The molecule has 0 amide bonds. The van der Waals surface area contributed by atoms with Gasteiger partial charge in [0.15, 0.2) is 6.29 Å². The van der Waals surface area contributed by atoms with E-state index in [1.165, 1.54) is 5.56 Å². The molecule has 0 saturated carbocycles. The smallest absolute Gasteiger partial charge is 0.151 e. The first-order valence-corrected chi connectivity index (χ1v) is 7.00. The number of nitrogens with zero attached hydrogens (tertiary/aromatic N) is 1. The highest BCUT2D eigenvalue weighted by molar-refractivity contribution is 5.82. The van der Waals surface area contributed by atoms with Crippen LogP contribution < -0.4 is 0 Å². The molecule has 2 aromatic carbocycles. The third kappa shape index (κ3) is 2.40. The summed E-state index contributed by atoms with van der Waals surface area (Å²) < 4.78 is 2.14. The van der Waals surface area contributed by atoms with Gasteiger partial charge in [-0.3, -0.25) is 4.79 Å². The van der Waals surface area contributed by atoms with Gasteiger partial charge in [-0.1, -0.05) is 42.5 Å². The molecular formula is C19H17NO. The zero-order valence-corrected chi connectivity index (χ0v) is 12.2. The van der Waals surface area contributed by atoms with Crippen LogP contribution in [0.4, 0.5) is 0 Å². The van der Waals surface area contributed by atoms with Gasteiger partial charge in [0.2, 0.25) is 0 Å². The van der Waals surface area contributed by atoms with Crippen LogP contribution in [0, 0.1) is 13.8 Å². The number of aryl methyl sites for hydroxylation is 1. The quantitative estimate of drug-likeness (QED) is 0.642. The van der Waals surface area contributed by atoms with E-state index in [1.54, 1.807) is 0 Å². The minimum absolute atomic E-state index is 0.732. The molecule has 0 aliphatic carbocycles. The lowest BCUT2D eigenvalue weighted by Gasteiger charge is -2.12. The predicted octanol–water partition coefficient (Wildman–Crippen LogP) is 4.57. The van der Waals surface area contributed by atoms with Gasteiger partial charge in [-0.05, 0) is 43.2 Å². The van der Waals surface area contributed by atoms with Gasteiger partial charge in [-0.2, -0.15) is 0 Å². The van der Waals surface area contributed by atoms with Crippen molar-refractivity contribution in [1.82, 2.24) is 4.57 Å². The molecule has 0 saturated heterocycles. The van der Waals surface area contributed by atoms with Crippen molar-refractivity contribution >= 4 is 6.29 Å². The number of benzene rings is 2. The number of aromatic nitrogens is 1. The fourth-order valence-corrected chi connectivity index (χ4v) is 2.67. The zero-order valence-electron chi connectivity index (χ0n) is 12.2. The molecule has 0 spiro atoms. The molecule has 0 unspecified atom stereocenters. The van der Waals surface area contributed by atoms with Gasteiger partial charge in [0.05, 0.1) is 5.69 Å². The Kier molecular flexibility index (Phi) is 3.44. The van der Waals surface area contributed by atoms with Crippen LogP contribution >= 0.6 is 0 Å². The van der Waals surface area contributed by atoms with Crippen molar-refractivity contribution in [3.05, 3.63) is 77.5 Å². The maximum absolute atomic E-state index is 11.3. The third-order valence-electron chi connectivity index (χ3n) is 3.74. The van der Waals surface area contributed by atoms with Crippen LogP contribution in [0.3, 0.4) is 0 Å². The highest BCUT2D eigenvalue weighted by Gasteiger charge is 2.14. The average Bonchev–Trinajstić information content (AvgIpc) is 2.85. The number of carbonyl (C=O) groups is 1. The molecule has 2 nitrogen and oxygen atoms in total. The Hall–Kier alpha value is -2.61. The van der Waals surface area contributed by atoms with Crippen molar-refractivity contribution in [1.29, 1.82) is 0 Å². The number of aldehydes is 1. The van der Waals surface area contributed by atoms with E-state index < -0.39 is 0 Å². The molecule has 3 aromatic rings. The molecule has 0 bridgehead atoms. The average molecular weight is 275 g/mol. The second kappa shape index (κ2) is 5.41. The molecule has 3 rings (SSSR count). The Labute approximate surface area is 124 Å². The van der Waals surface area contributed by atoms with Crippen molar-refractivity contribution < 1.29 is 4.79 Å². The monoisotopic (exact) mass is 275 g/mol. The van der Waals surface area contributed by atoms with Gasteiger partial charge in [0, 0.05) is 16.9 Å². The van der Waals surface area contributed by atoms with Gasteiger partial charge >= 0.3 is 0 Å². The van der Waals surface area contributed by atoms with Crippen molar-refractivity contribution in [3.8, 4) is 16.9 Å². The Morgan fingerprint density at radius 3 is 2.33 bits per heavy atom. The summed E-state index contributed by atoms with van der Waals surface area (Å²) in [4.78, 5) is 11.3. The van der Waals surface area contributed by atoms with E-state index in [1.807, 2.05) is 37.3 Å². The van der Waals surface area contributed by atoms with E-state index in [4.69, 9.17) is 0 Å². The van der Waals surface area contributed by atoms with E-state index >= 15 is 0 Å². The Morgan fingerprint density at radius 2 is 1.67 bits per heavy atom. The standard InChI is InChI=1S/C19H17NO/c1-14-7-6-10-18(11-14)20-15(2)17(13-21)12-19(20)16-8-4-3-5-9-16/h3-13H,1-2H3. The summed E-state index contributed by atoms with van der Waals surface area (Å²) >= 11 is 0. The van der Waals surface area contributed by atoms with E-state index in [-0.39, 0.29) is 0 Å². The summed E-state index contributed by atoms with van der Waals surface area (Å²) in [6.45, 7) is 4.06. The van der Waals surface area contributed by atoms with Crippen LogP contribution in [-0.2, 0) is 0 Å². The van der Waals surface area contributed by atoms with E-state index in [2.05, 4.69) is 41.8 Å². The van der Waals surface area contributed by atoms with Gasteiger partial charge in [0.1, 0.15) is 0 Å². The number of carbonyl (C=O) groups excluding carboxylic acids is 1. The highest BCUT2D eigenvalue weighted by Crippen LogP contribution is 2.29. The SMILES string of the molecule is Cc1cccc(-n2c(-c3ccccc3)cc(C=O)c2C)c1. The summed E-state index contributed by atoms with van der Waals surface area (Å²) in [6, 6.07) is 20.4. The van der Waals surface area contributed by atoms with Crippen molar-refractivity contribution in [2.45, 2.75) is 13.8 Å². The first-order chi connectivity index (χ1) is 10.2. The van der Waals surface area contributed by atoms with Crippen molar-refractivity contribution in [3.63, 3.8) is 0 Å². The number of hydrogen-bond donors (Lipinski definition) is 0. The molecule has 21 heavy (non-hydrogen) atoms. The second-order valence-corrected chi connectivity index (χ2v) is 5.23. The zero-order chi connectivity index (χ0) is 14.8.